The lowest BCUT2D eigenvalue weighted by molar-refractivity contribution is 0.562. The van der Waals surface area contributed by atoms with E-state index in [0.29, 0.717) is 0 Å². The highest BCUT2D eigenvalue weighted by Gasteiger charge is 2.29. The molecule has 212 valence electrons. The molecule has 10 rings (SSSR count). The van der Waals surface area contributed by atoms with Crippen LogP contribution in [0.5, 0.6) is 0 Å². The summed E-state index contributed by atoms with van der Waals surface area (Å²) < 4.78 is 7.27. The Bertz CT molecular complexity index is 2620. The fourth-order valence-corrected chi connectivity index (χ4v) is 8.47. The summed E-state index contributed by atoms with van der Waals surface area (Å²) in [5.74, 6) is 0.920. The minimum absolute atomic E-state index is 0.749. The molecule has 2 aliphatic rings. The van der Waals surface area contributed by atoms with E-state index in [1.807, 2.05) is 11.3 Å². The Labute approximate surface area is 263 Å². The average Bonchev–Trinajstić information content (AvgIpc) is 3.80. The second-order valence-electron chi connectivity index (χ2n) is 11.6. The number of rotatable bonds is 2. The number of nitrogens with zero attached hydrogens (tertiary/aromatic N) is 4. The third kappa shape index (κ3) is 3.50. The van der Waals surface area contributed by atoms with E-state index in [2.05, 4.69) is 160 Å². The molecule has 0 amide bonds. The van der Waals surface area contributed by atoms with Gasteiger partial charge in [0, 0.05) is 72.1 Å². The molecule has 0 N–H and O–H groups in total. The number of fused-ring (bicyclic) bond motifs is 9. The van der Waals surface area contributed by atoms with Gasteiger partial charge >= 0.3 is 0 Å². The van der Waals surface area contributed by atoms with E-state index in [-0.39, 0.29) is 0 Å². The van der Waals surface area contributed by atoms with E-state index in [4.69, 9.17) is 4.99 Å². The normalized spacial score (nSPS) is 14.8. The van der Waals surface area contributed by atoms with Crippen molar-refractivity contribution in [3.05, 3.63) is 157 Å². The number of aliphatic imine (C=N–C) groups is 1. The van der Waals surface area contributed by atoms with Crippen LogP contribution in [0.3, 0.4) is 0 Å². The molecule has 0 spiro atoms. The van der Waals surface area contributed by atoms with E-state index >= 15 is 0 Å². The number of aromatic nitrogens is 2. The van der Waals surface area contributed by atoms with Gasteiger partial charge in [0.15, 0.2) is 0 Å². The average molecular weight is 595 g/mol. The fourth-order valence-electron chi connectivity index (χ4n) is 7.24. The summed E-state index contributed by atoms with van der Waals surface area (Å²) in [5, 5.41) is 6.28. The smallest absolute Gasteiger partial charge is 0.215 e. The van der Waals surface area contributed by atoms with E-state index in [9.17, 15) is 0 Å². The van der Waals surface area contributed by atoms with Crippen LogP contribution in [-0.4, -0.2) is 26.5 Å². The minimum atomic E-state index is 0.749. The molecule has 0 radical (unpaired) electrons. The van der Waals surface area contributed by atoms with Crippen LogP contribution in [0.2, 0.25) is 0 Å². The highest BCUT2D eigenvalue weighted by Crippen LogP contribution is 2.43. The molecule has 0 bridgehead atoms. The van der Waals surface area contributed by atoms with Gasteiger partial charge in [-0.25, -0.2) is 4.99 Å². The summed E-state index contributed by atoms with van der Waals surface area (Å²) in [7, 11) is 0. The highest BCUT2D eigenvalue weighted by molar-refractivity contribution is 7.26. The number of benzene rings is 5. The van der Waals surface area contributed by atoms with Crippen LogP contribution in [0.15, 0.2) is 157 Å². The van der Waals surface area contributed by atoms with Gasteiger partial charge in [0.25, 0.3) is 0 Å². The zero-order valence-corrected chi connectivity index (χ0v) is 25.1. The van der Waals surface area contributed by atoms with Crippen molar-refractivity contribution < 1.29 is 0 Å². The molecule has 4 nitrogen and oxygen atoms in total. The molecular formula is C40H26N4S. The molecule has 3 aromatic heterocycles. The molecule has 8 aromatic rings. The lowest BCUT2D eigenvalue weighted by Crippen LogP contribution is -2.38. The van der Waals surface area contributed by atoms with Crippen LogP contribution in [0.1, 0.15) is 5.56 Å². The Balaban J connectivity index is 1.25. The Hall–Kier alpha value is -5.65. The maximum Gasteiger partial charge on any atom is 0.215 e. The van der Waals surface area contributed by atoms with Crippen molar-refractivity contribution in [1.82, 2.24) is 14.0 Å². The molecule has 0 saturated carbocycles. The van der Waals surface area contributed by atoms with Crippen LogP contribution in [-0.2, 0) is 0 Å². The van der Waals surface area contributed by atoms with Gasteiger partial charge in [-0.3, -0.25) is 4.57 Å². The summed E-state index contributed by atoms with van der Waals surface area (Å²) in [6.45, 7) is 0.749. The van der Waals surface area contributed by atoms with E-state index in [1.54, 1.807) is 0 Å². The predicted octanol–water partition coefficient (Wildman–Crippen LogP) is 10.1. The first-order valence-corrected chi connectivity index (χ1v) is 16.1. The van der Waals surface area contributed by atoms with Crippen molar-refractivity contribution in [2.24, 2.45) is 4.99 Å². The number of hydrogen-bond donors (Lipinski definition) is 0. The third-order valence-electron chi connectivity index (χ3n) is 9.23. The molecule has 2 aliphatic heterocycles. The standard InChI is InChI=1S/C40H26N4S/c1-2-11-26(12-3-1)42-24-22-32-35(42)21-20-29-27-13-4-6-18-36(27)44(38(29)32)40-41-25-33(34-17-8-9-23-43(34)40)31-16-10-15-30-28-14-5-7-19-37(28)45-39(30)31/h1-22,24-25H,23H2. The van der Waals surface area contributed by atoms with Crippen LogP contribution in [0, 0.1) is 0 Å². The number of para-hydroxylation sites is 2. The molecule has 5 heterocycles. The second-order valence-corrected chi connectivity index (χ2v) is 12.7. The third-order valence-corrected chi connectivity index (χ3v) is 10.4. The summed E-state index contributed by atoms with van der Waals surface area (Å²) in [6, 6.07) is 41.4. The Morgan fingerprint density at radius 3 is 2.40 bits per heavy atom. The Kier molecular flexibility index (Phi) is 5.18. The maximum atomic E-state index is 5.31. The SMILES string of the molecule is C1=CCN2C(=C1)C(c1cccc3c1sc1ccccc13)=CN=C2n1c2ccccc2c2ccc3c(ccn3-c3ccccc3)c21. The molecule has 0 aliphatic carbocycles. The van der Waals surface area contributed by atoms with Crippen molar-refractivity contribution in [3.63, 3.8) is 0 Å². The van der Waals surface area contributed by atoms with Gasteiger partial charge in [0.05, 0.1) is 22.2 Å². The van der Waals surface area contributed by atoms with Gasteiger partial charge in [-0.2, -0.15) is 0 Å². The first-order valence-electron chi connectivity index (χ1n) is 15.3. The Morgan fingerprint density at radius 1 is 0.644 bits per heavy atom. The zero-order chi connectivity index (χ0) is 29.5. The van der Waals surface area contributed by atoms with Crippen molar-refractivity contribution in [1.29, 1.82) is 0 Å². The Morgan fingerprint density at radius 2 is 1.47 bits per heavy atom. The van der Waals surface area contributed by atoms with E-state index in [0.717, 1.165) is 29.3 Å². The second kappa shape index (κ2) is 9.42. The number of thiophene rings is 1. The molecule has 45 heavy (non-hydrogen) atoms. The zero-order valence-electron chi connectivity index (χ0n) is 24.3. The topological polar surface area (TPSA) is 25.5 Å². The van der Waals surface area contributed by atoms with Crippen molar-refractivity contribution in [2.75, 3.05) is 6.54 Å². The molecule has 5 heteroatoms. The molecule has 0 fully saturated rings. The molecule has 0 saturated heterocycles. The lowest BCUT2D eigenvalue weighted by atomic mass is 9.98. The monoisotopic (exact) mass is 594 g/mol. The highest BCUT2D eigenvalue weighted by atomic mass is 32.1. The van der Waals surface area contributed by atoms with Crippen LogP contribution in [0.25, 0.3) is 64.1 Å². The van der Waals surface area contributed by atoms with Crippen molar-refractivity contribution in [2.45, 2.75) is 0 Å². The lowest BCUT2D eigenvalue weighted by Gasteiger charge is -2.34. The minimum Gasteiger partial charge on any atom is -0.316 e. The van der Waals surface area contributed by atoms with Gasteiger partial charge in [-0.1, -0.05) is 91.0 Å². The first kappa shape index (κ1) is 24.8. The quantitative estimate of drug-likeness (QED) is 0.196. The summed E-state index contributed by atoms with van der Waals surface area (Å²) in [4.78, 5) is 7.69. The number of hydrogen-bond acceptors (Lipinski definition) is 3. The van der Waals surface area contributed by atoms with Gasteiger partial charge < -0.3 is 9.47 Å². The predicted molar refractivity (Wildman–Crippen MR) is 190 cm³/mol. The summed E-state index contributed by atoms with van der Waals surface area (Å²) >= 11 is 1.86. The van der Waals surface area contributed by atoms with Crippen molar-refractivity contribution in [3.8, 4) is 5.69 Å². The molecule has 0 unspecified atom stereocenters. The van der Waals surface area contributed by atoms with Crippen LogP contribution < -0.4 is 0 Å². The number of allylic oxidation sites excluding steroid dienone is 3. The van der Waals surface area contributed by atoms with Crippen LogP contribution >= 0.6 is 11.3 Å². The molecule has 5 aromatic carbocycles. The van der Waals surface area contributed by atoms with Gasteiger partial charge in [0.2, 0.25) is 5.96 Å². The summed E-state index contributed by atoms with van der Waals surface area (Å²) in [5.41, 5.74) is 8.22. The van der Waals surface area contributed by atoms with Crippen molar-refractivity contribution >= 4 is 75.8 Å². The van der Waals surface area contributed by atoms with Gasteiger partial charge in [0.1, 0.15) is 0 Å². The summed E-state index contributed by atoms with van der Waals surface area (Å²) in [6.07, 6.45) is 10.9. The maximum absolute atomic E-state index is 5.31. The van der Waals surface area contributed by atoms with Gasteiger partial charge in [-0.15, -0.1) is 11.3 Å². The van der Waals surface area contributed by atoms with E-state index < -0.39 is 0 Å². The first-order chi connectivity index (χ1) is 22.3. The van der Waals surface area contributed by atoms with Gasteiger partial charge in [-0.05, 0) is 42.5 Å². The molecular weight excluding hydrogens is 569 g/mol. The van der Waals surface area contributed by atoms with E-state index in [1.165, 1.54) is 58.6 Å². The fraction of sp³-hybridized carbons (Fsp3) is 0.0250. The van der Waals surface area contributed by atoms with Crippen LogP contribution in [0.4, 0.5) is 0 Å². The molecule has 0 atom stereocenters. The largest absolute Gasteiger partial charge is 0.316 e.